The molecular weight excluding hydrogens is 322 g/mol. The van der Waals surface area contributed by atoms with Gasteiger partial charge in [0.1, 0.15) is 0 Å². The zero-order chi connectivity index (χ0) is 16.9. The second kappa shape index (κ2) is 8.03. The van der Waals surface area contributed by atoms with Crippen molar-refractivity contribution in [3.05, 3.63) is 30.3 Å². The normalized spacial score (nSPS) is 19.8. The first-order valence-corrected chi connectivity index (χ1v) is 9.52. The number of hydrogen-bond donors (Lipinski definition) is 1. The molecule has 2 amide bonds. The fourth-order valence-corrected chi connectivity index (χ4v) is 3.81. The molecule has 1 N–H and O–H groups in total. The zero-order valence-corrected chi connectivity index (χ0v) is 14.9. The van der Waals surface area contributed by atoms with Crippen molar-refractivity contribution in [2.45, 2.75) is 36.0 Å². The summed E-state index contributed by atoms with van der Waals surface area (Å²) in [5, 5.41) is 2.93. The number of hydrogen-bond acceptors (Lipinski definition) is 4. The summed E-state index contributed by atoms with van der Waals surface area (Å²) in [5.74, 6) is 0.302. The van der Waals surface area contributed by atoms with Crippen LogP contribution >= 0.6 is 11.8 Å². The molecule has 1 atom stereocenters. The Kier molecular flexibility index (Phi) is 5.79. The molecule has 0 spiro atoms. The average Bonchev–Trinajstić information content (AvgIpc) is 3.39. The molecule has 2 aliphatic rings. The minimum absolute atomic E-state index is 0.0860. The summed E-state index contributed by atoms with van der Waals surface area (Å²) >= 11 is 1.60. The summed E-state index contributed by atoms with van der Waals surface area (Å²) in [4.78, 5) is 29.6. The summed E-state index contributed by atoms with van der Waals surface area (Å²) in [6.07, 6.45) is 2.23. The smallest absolute Gasteiger partial charge is 0.235 e. The van der Waals surface area contributed by atoms with Crippen LogP contribution in [-0.4, -0.2) is 65.6 Å². The van der Waals surface area contributed by atoms with Crippen LogP contribution < -0.4 is 5.32 Å². The number of carbonyl (C=O) groups is 2. The molecule has 1 aliphatic carbocycles. The summed E-state index contributed by atoms with van der Waals surface area (Å²) in [6.45, 7) is 5.37. The van der Waals surface area contributed by atoms with Gasteiger partial charge in [0.05, 0.1) is 11.8 Å². The lowest BCUT2D eigenvalue weighted by atomic mass is 10.3. The van der Waals surface area contributed by atoms with Crippen molar-refractivity contribution < 1.29 is 9.59 Å². The van der Waals surface area contributed by atoms with Gasteiger partial charge in [0.2, 0.25) is 11.8 Å². The number of thioether (sulfide) groups is 1. The van der Waals surface area contributed by atoms with Crippen molar-refractivity contribution in [3.63, 3.8) is 0 Å². The van der Waals surface area contributed by atoms with E-state index in [-0.39, 0.29) is 17.1 Å². The minimum Gasteiger partial charge on any atom is -0.352 e. The third-order valence-corrected chi connectivity index (χ3v) is 5.50. The van der Waals surface area contributed by atoms with Crippen LogP contribution in [0.4, 0.5) is 0 Å². The lowest BCUT2D eigenvalue weighted by Gasteiger charge is -2.35. The Morgan fingerprint density at radius 2 is 1.83 bits per heavy atom. The Hall–Kier alpha value is -1.53. The quantitative estimate of drug-likeness (QED) is 0.794. The molecule has 1 aromatic rings. The molecule has 0 radical (unpaired) electrons. The first-order valence-electron chi connectivity index (χ1n) is 8.64. The predicted molar refractivity (Wildman–Crippen MR) is 95.9 cm³/mol. The second-order valence-corrected chi connectivity index (χ2v) is 7.93. The van der Waals surface area contributed by atoms with Crippen LogP contribution in [-0.2, 0) is 9.59 Å². The van der Waals surface area contributed by atoms with Crippen LogP contribution in [0.5, 0.6) is 0 Å². The number of nitrogens with zero attached hydrogens (tertiary/aromatic N) is 2. The Labute approximate surface area is 147 Å². The Balaban J connectivity index is 1.41. The molecule has 1 aromatic carbocycles. The first-order chi connectivity index (χ1) is 11.6. The van der Waals surface area contributed by atoms with Gasteiger partial charge in [-0.25, -0.2) is 0 Å². The number of carbonyl (C=O) groups excluding carboxylic acids is 2. The summed E-state index contributed by atoms with van der Waals surface area (Å²) in [6, 6.07) is 10.4. The Bertz CT molecular complexity index is 569. The van der Waals surface area contributed by atoms with Gasteiger partial charge in [0.15, 0.2) is 0 Å². The van der Waals surface area contributed by atoms with E-state index < -0.39 is 0 Å². The lowest BCUT2D eigenvalue weighted by Crippen LogP contribution is -2.52. The van der Waals surface area contributed by atoms with E-state index in [0.29, 0.717) is 25.7 Å². The van der Waals surface area contributed by atoms with Gasteiger partial charge in [-0.3, -0.25) is 14.5 Å². The van der Waals surface area contributed by atoms with Gasteiger partial charge < -0.3 is 10.2 Å². The molecule has 0 aromatic heterocycles. The highest BCUT2D eigenvalue weighted by Crippen LogP contribution is 2.24. The van der Waals surface area contributed by atoms with Gasteiger partial charge in [-0.1, -0.05) is 18.2 Å². The number of amides is 2. The van der Waals surface area contributed by atoms with Crippen molar-refractivity contribution in [2.24, 2.45) is 0 Å². The number of benzene rings is 1. The standard InChI is InChI=1S/C18H25N3O2S/c1-14(24-16-5-3-2-4-6-16)18(23)21-11-9-20(10-12-21)13-17(22)19-15-7-8-15/h2-6,14-15H,7-13H2,1H3,(H,19,22). The van der Waals surface area contributed by atoms with E-state index in [9.17, 15) is 9.59 Å². The van der Waals surface area contributed by atoms with E-state index in [0.717, 1.165) is 30.8 Å². The first kappa shape index (κ1) is 17.3. The molecule has 2 fully saturated rings. The maximum Gasteiger partial charge on any atom is 0.235 e. The maximum atomic E-state index is 12.6. The van der Waals surface area contributed by atoms with Crippen LogP contribution in [0.3, 0.4) is 0 Å². The molecule has 1 heterocycles. The molecule has 1 unspecified atom stereocenters. The van der Waals surface area contributed by atoms with Crippen molar-refractivity contribution >= 4 is 23.6 Å². The summed E-state index contributed by atoms with van der Waals surface area (Å²) in [5.41, 5.74) is 0. The maximum absolute atomic E-state index is 12.6. The molecule has 130 valence electrons. The van der Waals surface area contributed by atoms with Crippen molar-refractivity contribution in [3.8, 4) is 0 Å². The van der Waals surface area contributed by atoms with Gasteiger partial charge in [-0.05, 0) is 31.9 Å². The fraction of sp³-hybridized carbons (Fsp3) is 0.556. The van der Waals surface area contributed by atoms with Gasteiger partial charge in [-0.2, -0.15) is 0 Å². The van der Waals surface area contributed by atoms with Crippen LogP contribution in [0.2, 0.25) is 0 Å². The number of piperazine rings is 1. The SMILES string of the molecule is CC(Sc1ccccc1)C(=O)N1CCN(CC(=O)NC2CC2)CC1. The van der Waals surface area contributed by atoms with Gasteiger partial charge >= 0.3 is 0 Å². The highest BCUT2D eigenvalue weighted by molar-refractivity contribution is 8.00. The molecule has 1 saturated heterocycles. The van der Waals surface area contributed by atoms with Crippen LogP contribution in [0.25, 0.3) is 0 Å². The molecule has 6 heteroatoms. The van der Waals surface area contributed by atoms with Crippen LogP contribution in [0.1, 0.15) is 19.8 Å². The average molecular weight is 347 g/mol. The van der Waals surface area contributed by atoms with Gasteiger partial charge in [0.25, 0.3) is 0 Å². The van der Waals surface area contributed by atoms with Crippen molar-refractivity contribution in [1.29, 1.82) is 0 Å². The third kappa shape index (κ3) is 4.98. The zero-order valence-electron chi connectivity index (χ0n) is 14.1. The van der Waals surface area contributed by atoms with Crippen LogP contribution in [0.15, 0.2) is 35.2 Å². The van der Waals surface area contributed by atoms with E-state index in [1.54, 1.807) is 11.8 Å². The Morgan fingerprint density at radius 1 is 1.17 bits per heavy atom. The second-order valence-electron chi connectivity index (χ2n) is 6.52. The Morgan fingerprint density at radius 3 is 2.46 bits per heavy atom. The van der Waals surface area contributed by atoms with E-state index in [1.165, 1.54) is 0 Å². The van der Waals surface area contributed by atoms with E-state index in [4.69, 9.17) is 0 Å². The molecule has 24 heavy (non-hydrogen) atoms. The molecule has 1 aliphatic heterocycles. The van der Waals surface area contributed by atoms with E-state index in [2.05, 4.69) is 10.2 Å². The molecule has 5 nitrogen and oxygen atoms in total. The summed E-state index contributed by atoms with van der Waals surface area (Å²) in [7, 11) is 0. The summed E-state index contributed by atoms with van der Waals surface area (Å²) < 4.78 is 0. The number of nitrogens with one attached hydrogen (secondary N) is 1. The number of rotatable bonds is 6. The molecular formula is C18H25N3O2S. The van der Waals surface area contributed by atoms with E-state index >= 15 is 0 Å². The van der Waals surface area contributed by atoms with Crippen LogP contribution in [0, 0.1) is 0 Å². The van der Waals surface area contributed by atoms with E-state index in [1.807, 2.05) is 42.2 Å². The largest absolute Gasteiger partial charge is 0.352 e. The molecule has 1 saturated carbocycles. The predicted octanol–water partition coefficient (Wildman–Crippen LogP) is 1.59. The van der Waals surface area contributed by atoms with Crippen molar-refractivity contribution in [2.75, 3.05) is 32.7 Å². The molecule has 3 rings (SSSR count). The van der Waals surface area contributed by atoms with Gasteiger partial charge in [-0.15, -0.1) is 11.8 Å². The highest BCUT2D eigenvalue weighted by Gasteiger charge is 2.28. The fourth-order valence-electron chi connectivity index (χ4n) is 2.84. The van der Waals surface area contributed by atoms with Crippen molar-refractivity contribution in [1.82, 2.24) is 15.1 Å². The third-order valence-electron chi connectivity index (χ3n) is 4.40. The molecule has 0 bridgehead atoms. The topological polar surface area (TPSA) is 52.7 Å². The monoisotopic (exact) mass is 347 g/mol. The lowest BCUT2D eigenvalue weighted by molar-refractivity contribution is -0.132. The minimum atomic E-state index is -0.0860. The highest BCUT2D eigenvalue weighted by atomic mass is 32.2. The van der Waals surface area contributed by atoms with Gasteiger partial charge in [0, 0.05) is 37.1 Å².